The maximum absolute atomic E-state index is 12.3. The number of aliphatic imine (C=N–C) groups is 1. The van der Waals surface area contributed by atoms with Crippen LogP contribution in [0.15, 0.2) is 52.6 Å². The molecule has 1 unspecified atom stereocenters. The van der Waals surface area contributed by atoms with Gasteiger partial charge in [0.2, 0.25) is 0 Å². The number of carboxylic acid groups (broad SMARTS) is 1. The van der Waals surface area contributed by atoms with Gasteiger partial charge >= 0.3 is 16.1 Å². The highest BCUT2D eigenvalue weighted by molar-refractivity contribution is 8.15. The van der Waals surface area contributed by atoms with Crippen molar-refractivity contribution in [1.29, 1.82) is 0 Å². The van der Waals surface area contributed by atoms with Gasteiger partial charge in [0.25, 0.3) is 0 Å². The van der Waals surface area contributed by atoms with Gasteiger partial charge < -0.3 is 9.29 Å². The van der Waals surface area contributed by atoms with Gasteiger partial charge in [0.15, 0.2) is 11.1 Å². The monoisotopic (exact) mass is 421 g/mol. The van der Waals surface area contributed by atoms with Gasteiger partial charge in [-0.1, -0.05) is 6.07 Å². The first kappa shape index (κ1) is 17.9. The molecule has 2 aromatic heterocycles. The van der Waals surface area contributed by atoms with E-state index in [1.807, 2.05) is 0 Å². The van der Waals surface area contributed by atoms with Crippen LogP contribution in [0.2, 0.25) is 0 Å². The molecule has 0 aliphatic carbocycles. The summed E-state index contributed by atoms with van der Waals surface area (Å²) in [6, 6.07) is 8.50. The third kappa shape index (κ3) is 3.66. The molecule has 0 fully saturated rings. The van der Waals surface area contributed by atoms with Crippen LogP contribution in [0.25, 0.3) is 10.2 Å². The number of aromatic nitrogens is 2. The minimum absolute atomic E-state index is 0.146. The van der Waals surface area contributed by atoms with E-state index in [1.165, 1.54) is 41.4 Å². The summed E-state index contributed by atoms with van der Waals surface area (Å²) in [5, 5.41) is 10.0. The van der Waals surface area contributed by atoms with Crippen molar-refractivity contribution in [1.82, 2.24) is 9.97 Å². The van der Waals surface area contributed by atoms with Gasteiger partial charge in [-0.15, -0.1) is 23.1 Å². The first-order valence-electron chi connectivity index (χ1n) is 7.62. The zero-order chi connectivity index (χ0) is 19.0. The van der Waals surface area contributed by atoms with Crippen LogP contribution in [-0.4, -0.2) is 46.3 Å². The van der Waals surface area contributed by atoms with Crippen LogP contribution in [0.1, 0.15) is 5.01 Å². The second-order valence-corrected chi connectivity index (χ2v) is 8.99. The van der Waals surface area contributed by atoms with Crippen LogP contribution >= 0.6 is 23.1 Å². The van der Waals surface area contributed by atoms with Crippen LogP contribution in [0.3, 0.4) is 0 Å². The maximum atomic E-state index is 12.3. The fourth-order valence-electron chi connectivity index (χ4n) is 2.33. The molecule has 1 atom stereocenters. The highest BCUT2D eigenvalue weighted by Crippen LogP contribution is 2.32. The van der Waals surface area contributed by atoms with E-state index in [0.29, 0.717) is 26.0 Å². The number of aliphatic carboxylic acids is 1. The van der Waals surface area contributed by atoms with Gasteiger partial charge in [-0.3, -0.25) is 4.99 Å². The Morgan fingerprint density at radius 3 is 2.81 bits per heavy atom. The van der Waals surface area contributed by atoms with Crippen molar-refractivity contribution in [2.75, 3.05) is 5.75 Å². The summed E-state index contributed by atoms with van der Waals surface area (Å²) in [6.45, 7) is 0. The molecule has 0 bridgehead atoms. The molecule has 0 saturated heterocycles. The number of thiazole rings is 1. The van der Waals surface area contributed by atoms with Crippen LogP contribution in [0.5, 0.6) is 5.75 Å². The molecule has 0 radical (unpaired) electrons. The Balaban J connectivity index is 1.62. The first-order valence-corrected chi connectivity index (χ1v) is 10.8. The lowest BCUT2D eigenvalue weighted by Gasteiger charge is -2.05. The number of benzene rings is 1. The molecule has 11 heteroatoms. The van der Waals surface area contributed by atoms with Crippen molar-refractivity contribution >= 4 is 54.4 Å². The van der Waals surface area contributed by atoms with Gasteiger partial charge in [0.1, 0.15) is 15.8 Å². The molecular formula is C16H11N3O5S3. The lowest BCUT2D eigenvalue weighted by atomic mass is 10.3. The average molecular weight is 421 g/mol. The Hall–Kier alpha value is -2.50. The molecule has 1 N–H and O–H groups in total. The van der Waals surface area contributed by atoms with Crippen LogP contribution in [0, 0.1) is 0 Å². The van der Waals surface area contributed by atoms with E-state index in [4.69, 9.17) is 9.29 Å². The Kier molecular flexibility index (Phi) is 4.58. The first-order chi connectivity index (χ1) is 12.9. The quantitative estimate of drug-likeness (QED) is 0.624. The number of hydrogen-bond acceptors (Lipinski definition) is 9. The topological polar surface area (TPSA) is 119 Å². The van der Waals surface area contributed by atoms with E-state index in [1.54, 1.807) is 24.3 Å². The normalized spacial score (nSPS) is 17.0. The number of nitrogens with zero attached hydrogens (tertiary/aromatic N) is 3. The summed E-state index contributed by atoms with van der Waals surface area (Å²) in [5.74, 6) is -0.445. The van der Waals surface area contributed by atoms with Gasteiger partial charge in [-0.05, 0) is 24.3 Å². The van der Waals surface area contributed by atoms with E-state index < -0.39 is 22.1 Å². The molecule has 1 aliphatic heterocycles. The molecule has 1 aromatic carbocycles. The molecule has 138 valence electrons. The largest absolute Gasteiger partial charge is 0.480 e. The second-order valence-electron chi connectivity index (χ2n) is 5.45. The Bertz CT molecular complexity index is 1160. The van der Waals surface area contributed by atoms with Crippen molar-refractivity contribution in [2.24, 2.45) is 4.99 Å². The number of carbonyl (C=O) groups is 1. The number of carboxylic acids is 1. The average Bonchev–Trinajstić information content (AvgIpc) is 3.28. The number of fused-ring (bicyclic) bond motifs is 1. The van der Waals surface area contributed by atoms with Crippen molar-refractivity contribution < 1.29 is 22.5 Å². The Morgan fingerprint density at radius 1 is 1.26 bits per heavy atom. The van der Waals surface area contributed by atoms with E-state index >= 15 is 0 Å². The minimum Gasteiger partial charge on any atom is -0.480 e. The van der Waals surface area contributed by atoms with Crippen molar-refractivity contribution in [2.45, 2.75) is 11.1 Å². The molecule has 0 amide bonds. The van der Waals surface area contributed by atoms with E-state index in [2.05, 4.69) is 15.0 Å². The van der Waals surface area contributed by atoms with Crippen LogP contribution < -0.4 is 4.18 Å². The summed E-state index contributed by atoms with van der Waals surface area (Å²) in [6.07, 6.45) is 1.37. The molecule has 3 aromatic rings. The summed E-state index contributed by atoms with van der Waals surface area (Å²) in [4.78, 5) is 23.4. The summed E-state index contributed by atoms with van der Waals surface area (Å²) in [7, 11) is -4.03. The van der Waals surface area contributed by atoms with Crippen LogP contribution in [0.4, 0.5) is 0 Å². The van der Waals surface area contributed by atoms with E-state index in [-0.39, 0.29) is 10.8 Å². The van der Waals surface area contributed by atoms with Crippen LogP contribution in [-0.2, 0) is 14.9 Å². The summed E-state index contributed by atoms with van der Waals surface area (Å²) < 4.78 is 30.4. The second kappa shape index (κ2) is 6.91. The van der Waals surface area contributed by atoms with E-state index in [9.17, 15) is 13.2 Å². The molecule has 4 rings (SSSR count). The van der Waals surface area contributed by atoms with Crippen molar-refractivity contribution in [3.05, 3.63) is 47.6 Å². The van der Waals surface area contributed by atoms with Gasteiger partial charge in [0, 0.05) is 18.0 Å². The molecular weight excluding hydrogens is 410 g/mol. The smallest absolute Gasteiger partial charge is 0.356 e. The molecule has 27 heavy (non-hydrogen) atoms. The highest BCUT2D eigenvalue weighted by Gasteiger charge is 2.27. The predicted molar refractivity (Wildman–Crippen MR) is 102 cm³/mol. The van der Waals surface area contributed by atoms with Gasteiger partial charge in [0.05, 0.1) is 10.2 Å². The molecule has 0 saturated carbocycles. The van der Waals surface area contributed by atoms with Crippen molar-refractivity contribution in [3.63, 3.8) is 0 Å². The Labute approximate surface area is 162 Å². The van der Waals surface area contributed by atoms with Gasteiger partial charge in [-0.25, -0.2) is 14.8 Å². The lowest BCUT2D eigenvalue weighted by Crippen LogP contribution is -2.17. The van der Waals surface area contributed by atoms with E-state index in [0.717, 1.165) is 0 Å². The SMILES string of the molecule is O=C(O)C1CSC(c2nc3ccc(OS(=O)(=O)c4ccccn4)cc3s2)=N1. The Morgan fingerprint density at radius 2 is 2.11 bits per heavy atom. The molecule has 8 nitrogen and oxygen atoms in total. The number of hydrogen-bond donors (Lipinski definition) is 1. The highest BCUT2D eigenvalue weighted by atomic mass is 32.2. The summed E-state index contributed by atoms with van der Waals surface area (Å²) >= 11 is 2.64. The zero-order valence-electron chi connectivity index (χ0n) is 13.5. The fraction of sp³-hybridized carbons (Fsp3) is 0.125. The number of rotatable bonds is 5. The number of thioether (sulfide) groups is 1. The maximum Gasteiger partial charge on any atom is 0.356 e. The van der Waals surface area contributed by atoms with Gasteiger partial charge in [-0.2, -0.15) is 8.42 Å². The molecule has 0 spiro atoms. The third-order valence-corrected chi connectivity index (χ3v) is 6.95. The minimum atomic E-state index is -4.03. The predicted octanol–water partition coefficient (Wildman–Crippen LogP) is 2.41. The third-order valence-electron chi connectivity index (χ3n) is 3.58. The fourth-order valence-corrected chi connectivity index (χ4v) is 5.30. The molecule has 3 heterocycles. The summed E-state index contributed by atoms with van der Waals surface area (Å²) in [5.41, 5.74) is 0.652. The van der Waals surface area contributed by atoms with Crippen molar-refractivity contribution in [3.8, 4) is 5.75 Å². The standard InChI is InChI=1S/C16H11N3O5S3/c20-16(21)11-8-25-14(19-11)15-18-10-5-4-9(7-12(10)26-15)24-27(22,23)13-3-1-2-6-17-13/h1-7,11H,8H2,(H,20,21). The zero-order valence-corrected chi connectivity index (χ0v) is 15.9. The molecule has 1 aliphatic rings. The lowest BCUT2D eigenvalue weighted by molar-refractivity contribution is -0.137. The number of pyridine rings is 1.